The molecule has 2 heterocycles. The highest BCUT2D eigenvalue weighted by molar-refractivity contribution is 5.81. The molecule has 0 spiro atoms. The predicted molar refractivity (Wildman–Crippen MR) is 109 cm³/mol. The third kappa shape index (κ3) is 4.94. The van der Waals surface area contributed by atoms with Crippen molar-refractivity contribution < 1.29 is 22.8 Å². The molecule has 2 fully saturated rings. The maximum atomic E-state index is 13.3. The maximum Gasteiger partial charge on any atom is 0.417 e. The molecular formula is C22H27F3N4O2. The smallest absolute Gasteiger partial charge is 0.372 e. The molecule has 2 atom stereocenters. The number of benzene rings is 1. The van der Waals surface area contributed by atoms with Crippen LogP contribution in [0.2, 0.25) is 0 Å². The molecule has 2 saturated heterocycles. The Kier molecular flexibility index (Phi) is 6.77. The molecule has 0 aliphatic carbocycles. The van der Waals surface area contributed by atoms with Gasteiger partial charge >= 0.3 is 6.18 Å². The van der Waals surface area contributed by atoms with Gasteiger partial charge in [0.25, 0.3) is 0 Å². The molecule has 9 heteroatoms. The molecule has 1 aromatic carbocycles. The first-order valence-corrected chi connectivity index (χ1v) is 10.5. The molecule has 2 aliphatic heterocycles. The summed E-state index contributed by atoms with van der Waals surface area (Å²) in [5.74, 6) is -0.0859. The fourth-order valence-corrected chi connectivity index (χ4v) is 4.79. The number of anilines is 1. The second kappa shape index (κ2) is 9.16. The summed E-state index contributed by atoms with van der Waals surface area (Å²) in [7, 11) is 0. The van der Waals surface area contributed by atoms with Crippen LogP contribution < -0.4 is 10.2 Å². The molecule has 31 heavy (non-hydrogen) atoms. The average Bonchev–Trinajstić information content (AvgIpc) is 3.19. The Morgan fingerprint density at radius 1 is 1.23 bits per heavy atom. The molecular weight excluding hydrogens is 409 g/mol. The summed E-state index contributed by atoms with van der Waals surface area (Å²) >= 11 is 0. The van der Waals surface area contributed by atoms with Crippen LogP contribution in [0.15, 0.2) is 18.2 Å². The number of alkyl halides is 3. The number of hydrogen-bond acceptors (Lipinski definition) is 4. The van der Waals surface area contributed by atoms with E-state index in [1.807, 2.05) is 11.8 Å². The molecule has 0 radical (unpaired) electrons. The van der Waals surface area contributed by atoms with Crippen molar-refractivity contribution in [3.63, 3.8) is 0 Å². The van der Waals surface area contributed by atoms with Crippen molar-refractivity contribution in [2.45, 2.75) is 32.9 Å². The number of rotatable bonds is 4. The highest BCUT2D eigenvalue weighted by Crippen LogP contribution is 2.39. The van der Waals surface area contributed by atoms with Crippen molar-refractivity contribution in [3.8, 4) is 6.07 Å². The van der Waals surface area contributed by atoms with Gasteiger partial charge in [-0.15, -0.1) is 0 Å². The zero-order valence-corrected chi connectivity index (χ0v) is 17.7. The standard InChI is InChI=1S/C22H27F3N4O2/c1-3-27-21(31)19-13-29(14(2)30)12-18(19)15-6-8-28(9-7-15)17-5-4-16(11-26)20(10-17)22(23,24)25/h4-5,10,15,18-19H,3,6-9,12-13H2,1-2H3,(H,27,31)/t18-,19+/m0/s1. The van der Waals surface area contributed by atoms with Gasteiger partial charge in [0.1, 0.15) is 0 Å². The van der Waals surface area contributed by atoms with Crippen LogP contribution in [-0.4, -0.2) is 49.4 Å². The molecule has 0 aromatic heterocycles. The molecule has 168 valence electrons. The van der Waals surface area contributed by atoms with E-state index in [0.717, 1.165) is 18.9 Å². The number of piperidine rings is 1. The third-order valence-corrected chi connectivity index (χ3v) is 6.44. The lowest BCUT2D eigenvalue weighted by Crippen LogP contribution is -2.41. The van der Waals surface area contributed by atoms with E-state index in [9.17, 15) is 22.8 Å². The van der Waals surface area contributed by atoms with Gasteiger partial charge in [-0.3, -0.25) is 9.59 Å². The van der Waals surface area contributed by atoms with Gasteiger partial charge in [-0.25, -0.2) is 0 Å². The zero-order valence-electron chi connectivity index (χ0n) is 17.7. The molecule has 0 unspecified atom stereocenters. The van der Waals surface area contributed by atoms with E-state index in [-0.39, 0.29) is 35.1 Å². The van der Waals surface area contributed by atoms with Crippen LogP contribution in [0.5, 0.6) is 0 Å². The Labute approximate surface area is 180 Å². The zero-order chi connectivity index (χ0) is 22.8. The summed E-state index contributed by atoms with van der Waals surface area (Å²) in [4.78, 5) is 28.0. The van der Waals surface area contributed by atoms with Crippen molar-refractivity contribution >= 4 is 17.5 Å². The fourth-order valence-electron chi connectivity index (χ4n) is 4.79. The van der Waals surface area contributed by atoms with Crippen LogP contribution in [0.25, 0.3) is 0 Å². The minimum absolute atomic E-state index is 0.0411. The second-order valence-corrected chi connectivity index (χ2v) is 8.25. The number of halogens is 3. The molecule has 2 amide bonds. The van der Waals surface area contributed by atoms with Gasteiger partial charge in [-0.05, 0) is 49.8 Å². The Bertz CT molecular complexity index is 872. The molecule has 3 rings (SSSR count). The minimum atomic E-state index is -4.58. The summed E-state index contributed by atoms with van der Waals surface area (Å²) in [6, 6.07) is 5.43. The van der Waals surface area contributed by atoms with E-state index in [4.69, 9.17) is 5.26 Å². The monoisotopic (exact) mass is 436 g/mol. The van der Waals surface area contributed by atoms with E-state index >= 15 is 0 Å². The lowest BCUT2D eigenvalue weighted by Gasteiger charge is -2.37. The first kappa shape index (κ1) is 22.9. The second-order valence-electron chi connectivity index (χ2n) is 8.25. The molecule has 0 bridgehead atoms. The van der Waals surface area contributed by atoms with Crippen molar-refractivity contribution in [1.29, 1.82) is 5.26 Å². The first-order chi connectivity index (χ1) is 14.7. The van der Waals surface area contributed by atoms with Gasteiger partial charge in [0.2, 0.25) is 11.8 Å². The summed E-state index contributed by atoms with van der Waals surface area (Å²) in [5.41, 5.74) is -0.855. The van der Waals surface area contributed by atoms with E-state index in [0.29, 0.717) is 38.4 Å². The Hall–Kier alpha value is -2.76. The van der Waals surface area contributed by atoms with Crippen LogP contribution in [0.4, 0.5) is 18.9 Å². The molecule has 1 aromatic rings. The Morgan fingerprint density at radius 3 is 2.45 bits per heavy atom. The lowest BCUT2D eigenvalue weighted by molar-refractivity contribution is -0.137. The van der Waals surface area contributed by atoms with Crippen molar-refractivity contribution in [1.82, 2.24) is 10.2 Å². The first-order valence-electron chi connectivity index (χ1n) is 10.5. The van der Waals surface area contributed by atoms with E-state index in [2.05, 4.69) is 5.32 Å². The normalized spacial score (nSPS) is 22.3. The van der Waals surface area contributed by atoms with Crippen LogP contribution in [0, 0.1) is 29.1 Å². The number of carbonyl (C=O) groups excluding carboxylic acids is 2. The summed E-state index contributed by atoms with van der Waals surface area (Å²) < 4.78 is 39.9. The number of amides is 2. The quantitative estimate of drug-likeness (QED) is 0.787. The number of carbonyl (C=O) groups is 2. The topological polar surface area (TPSA) is 76.4 Å². The van der Waals surface area contributed by atoms with Crippen molar-refractivity contribution in [3.05, 3.63) is 29.3 Å². The van der Waals surface area contributed by atoms with Gasteiger partial charge < -0.3 is 15.1 Å². The number of likely N-dealkylation sites (tertiary alicyclic amines) is 1. The fraction of sp³-hybridized carbons (Fsp3) is 0.591. The van der Waals surface area contributed by atoms with Crippen LogP contribution >= 0.6 is 0 Å². The Balaban J connectivity index is 1.72. The van der Waals surface area contributed by atoms with E-state index in [1.54, 1.807) is 17.0 Å². The van der Waals surface area contributed by atoms with Crippen molar-refractivity contribution in [2.24, 2.45) is 17.8 Å². The number of nitriles is 1. The van der Waals surface area contributed by atoms with Crippen LogP contribution in [0.1, 0.15) is 37.8 Å². The van der Waals surface area contributed by atoms with Gasteiger partial charge in [0, 0.05) is 45.3 Å². The molecule has 6 nitrogen and oxygen atoms in total. The van der Waals surface area contributed by atoms with E-state index in [1.165, 1.54) is 13.0 Å². The molecule has 1 N–H and O–H groups in total. The van der Waals surface area contributed by atoms with Crippen molar-refractivity contribution in [2.75, 3.05) is 37.6 Å². The predicted octanol–water partition coefficient (Wildman–Crippen LogP) is 3.02. The van der Waals surface area contributed by atoms with Gasteiger partial charge in [0.05, 0.1) is 23.1 Å². The van der Waals surface area contributed by atoms with E-state index < -0.39 is 11.7 Å². The lowest BCUT2D eigenvalue weighted by atomic mass is 9.78. The summed E-state index contributed by atoms with van der Waals surface area (Å²) in [5, 5.41) is 11.8. The van der Waals surface area contributed by atoms with Gasteiger partial charge in [-0.2, -0.15) is 18.4 Å². The Morgan fingerprint density at radius 2 is 1.90 bits per heavy atom. The third-order valence-electron chi connectivity index (χ3n) is 6.44. The molecule has 0 saturated carbocycles. The van der Waals surface area contributed by atoms with Gasteiger partial charge in [-0.1, -0.05) is 0 Å². The SMILES string of the molecule is CCNC(=O)[C@@H]1CN(C(C)=O)C[C@H]1C1CCN(c2ccc(C#N)c(C(F)(F)F)c2)CC1. The minimum Gasteiger partial charge on any atom is -0.372 e. The highest BCUT2D eigenvalue weighted by Gasteiger charge is 2.43. The van der Waals surface area contributed by atoms with Crippen LogP contribution in [0.3, 0.4) is 0 Å². The highest BCUT2D eigenvalue weighted by atomic mass is 19.4. The largest absolute Gasteiger partial charge is 0.417 e. The number of nitrogens with one attached hydrogen (secondary N) is 1. The number of nitrogens with zero attached hydrogens (tertiary/aromatic N) is 3. The molecule has 2 aliphatic rings. The average molecular weight is 436 g/mol. The maximum absolute atomic E-state index is 13.3. The van der Waals surface area contributed by atoms with Crippen LogP contribution in [-0.2, 0) is 15.8 Å². The van der Waals surface area contributed by atoms with Gasteiger partial charge in [0.15, 0.2) is 0 Å². The number of hydrogen-bond donors (Lipinski definition) is 1. The summed E-state index contributed by atoms with van der Waals surface area (Å²) in [6.45, 7) is 5.96. The summed E-state index contributed by atoms with van der Waals surface area (Å²) in [6.07, 6.45) is -3.12.